The Kier molecular flexibility index (Phi) is 5.66. The van der Waals surface area contributed by atoms with Crippen LogP contribution in [0.5, 0.6) is 5.88 Å². The standard InChI is InChI=1S/C26H29N3O4/c1-4-28-13-22(26(31)29-16(2)14-32-15-17(29)3)25(30)21-11-24(27-12-23(21)28)33-20-9-18-7-5-6-8-19(18)10-20/h5-8,11-13,16-17,20H,4,9-10,14-15H2,1-3H3/t16-,17-/m1/s1. The maximum atomic E-state index is 13.5. The first-order valence-electron chi connectivity index (χ1n) is 11.6. The molecule has 2 aromatic heterocycles. The summed E-state index contributed by atoms with van der Waals surface area (Å²) in [6, 6.07) is 9.83. The van der Waals surface area contributed by atoms with Gasteiger partial charge in [0.2, 0.25) is 11.3 Å². The van der Waals surface area contributed by atoms with Gasteiger partial charge in [-0.1, -0.05) is 24.3 Å². The second-order valence-corrected chi connectivity index (χ2v) is 9.06. The Labute approximate surface area is 192 Å². The van der Waals surface area contributed by atoms with E-state index < -0.39 is 0 Å². The number of benzene rings is 1. The van der Waals surface area contributed by atoms with Gasteiger partial charge in [-0.3, -0.25) is 9.59 Å². The topological polar surface area (TPSA) is 73.7 Å². The van der Waals surface area contributed by atoms with Crippen molar-refractivity contribution in [1.29, 1.82) is 0 Å². The quantitative estimate of drug-likeness (QED) is 0.614. The Morgan fingerprint density at radius 2 is 1.82 bits per heavy atom. The summed E-state index contributed by atoms with van der Waals surface area (Å²) in [6.07, 6.45) is 4.96. The van der Waals surface area contributed by atoms with E-state index in [-0.39, 0.29) is 35.1 Å². The molecule has 0 N–H and O–H groups in total. The number of aromatic nitrogens is 2. The largest absolute Gasteiger partial charge is 0.474 e. The fourth-order valence-electron chi connectivity index (χ4n) is 5.06. The van der Waals surface area contributed by atoms with Crippen LogP contribution in [-0.4, -0.2) is 51.8 Å². The van der Waals surface area contributed by atoms with E-state index in [4.69, 9.17) is 9.47 Å². The minimum atomic E-state index is -0.285. The Morgan fingerprint density at radius 1 is 1.15 bits per heavy atom. The first kappa shape index (κ1) is 21.6. The van der Waals surface area contributed by atoms with Crippen molar-refractivity contribution in [1.82, 2.24) is 14.5 Å². The normalized spacial score (nSPS) is 20.8. The molecule has 0 spiro atoms. The van der Waals surface area contributed by atoms with Gasteiger partial charge in [-0.25, -0.2) is 4.98 Å². The summed E-state index contributed by atoms with van der Waals surface area (Å²) in [6.45, 7) is 7.43. The third kappa shape index (κ3) is 3.91. The predicted octanol–water partition coefficient (Wildman–Crippen LogP) is 3.21. The highest BCUT2D eigenvalue weighted by atomic mass is 16.5. The van der Waals surface area contributed by atoms with E-state index in [1.807, 2.05) is 37.5 Å². The summed E-state index contributed by atoms with van der Waals surface area (Å²) >= 11 is 0. The second kappa shape index (κ2) is 8.63. The van der Waals surface area contributed by atoms with E-state index in [1.165, 1.54) is 11.1 Å². The number of pyridine rings is 2. The van der Waals surface area contributed by atoms with Gasteiger partial charge >= 0.3 is 0 Å². The number of hydrogen-bond acceptors (Lipinski definition) is 5. The first-order chi connectivity index (χ1) is 16.0. The number of rotatable bonds is 4. The molecule has 0 radical (unpaired) electrons. The molecule has 3 aromatic rings. The lowest BCUT2D eigenvalue weighted by Crippen LogP contribution is -2.53. The Morgan fingerprint density at radius 3 is 2.45 bits per heavy atom. The molecule has 7 heteroatoms. The Balaban J connectivity index is 1.50. The summed E-state index contributed by atoms with van der Waals surface area (Å²) in [7, 11) is 0. The van der Waals surface area contributed by atoms with Crippen molar-refractivity contribution in [3.63, 3.8) is 0 Å². The summed E-state index contributed by atoms with van der Waals surface area (Å²) < 4.78 is 13.6. The number of carbonyl (C=O) groups excluding carboxylic acids is 1. The molecule has 1 aromatic carbocycles. The molecule has 0 saturated carbocycles. The van der Waals surface area contributed by atoms with Crippen LogP contribution in [0.1, 0.15) is 42.3 Å². The van der Waals surface area contributed by atoms with Crippen LogP contribution in [0.3, 0.4) is 0 Å². The highest BCUT2D eigenvalue weighted by molar-refractivity contribution is 5.97. The van der Waals surface area contributed by atoms with Crippen molar-refractivity contribution in [3.05, 3.63) is 69.6 Å². The van der Waals surface area contributed by atoms with Gasteiger partial charge in [-0.05, 0) is 31.9 Å². The minimum absolute atomic E-state index is 0.0133. The number of nitrogens with zero attached hydrogens (tertiary/aromatic N) is 3. The molecule has 1 amide bonds. The highest BCUT2D eigenvalue weighted by Gasteiger charge is 2.32. The van der Waals surface area contributed by atoms with Gasteiger partial charge in [-0.2, -0.15) is 0 Å². The summed E-state index contributed by atoms with van der Waals surface area (Å²) in [5, 5.41) is 0.455. The molecular formula is C26H29N3O4. The van der Waals surface area contributed by atoms with E-state index >= 15 is 0 Å². The van der Waals surface area contributed by atoms with E-state index in [0.29, 0.717) is 36.5 Å². The zero-order chi connectivity index (χ0) is 23.1. The molecule has 2 atom stereocenters. The van der Waals surface area contributed by atoms with E-state index in [9.17, 15) is 9.59 Å². The SMILES string of the molecule is CCn1cc(C(=O)N2[C@H](C)COC[C@H]2C)c(=O)c2cc(OC3Cc4ccccc4C3)ncc21. The van der Waals surface area contributed by atoms with Gasteiger partial charge in [0, 0.05) is 31.6 Å². The summed E-state index contributed by atoms with van der Waals surface area (Å²) in [5.41, 5.74) is 3.17. The monoisotopic (exact) mass is 447 g/mol. The molecule has 1 aliphatic carbocycles. The fraction of sp³-hybridized carbons (Fsp3) is 0.423. The van der Waals surface area contributed by atoms with Gasteiger partial charge in [0.25, 0.3) is 5.91 Å². The molecule has 172 valence electrons. The number of hydrogen-bond donors (Lipinski definition) is 0. The van der Waals surface area contributed by atoms with Crippen LogP contribution in [0.2, 0.25) is 0 Å². The lowest BCUT2D eigenvalue weighted by molar-refractivity contribution is -0.0250. The number of carbonyl (C=O) groups is 1. The van der Waals surface area contributed by atoms with Crippen LogP contribution in [0, 0.1) is 0 Å². The van der Waals surface area contributed by atoms with E-state index in [1.54, 1.807) is 23.4 Å². The van der Waals surface area contributed by atoms with Crippen molar-refractivity contribution in [2.45, 2.75) is 58.3 Å². The highest BCUT2D eigenvalue weighted by Crippen LogP contribution is 2.26. The molecule has 33 heavy (non-hydrogen) atoms. The Bertz CT molecular complexity index is 1230. The average Bonchev–Trinajstić information content (AvgIpc) is 3.21. The first-order valence-corrected chi connectivity index (χ1v) is 11.6. The van der Waals surface area contributed by atoms with Crippen molar-refractivity contribution in [2.75, 3.05) is 13.2 Å². The van der Waals surface area contributed by atoms with Crippen LogP contribution in [0.25, 0.3) is 10.9 Å². The predicted molar refractivity (Wildman–Crippen MR) is 126 cm³/mol. The van der Waals surface area contributed by atoms with Crippen molar-refractivity contribution < 1.29 is 14.3 Å². The molecule has 3 heterocycles. The molecule has 0 unspecified atom stereocenters. The lowest BCUT2D eigenvalue weighted by atomic mass is 10.1. The average molecular weight is 448 g/mol. The number of fused-ring (bicyclic) bond motifs is 2. The number of aryl methyl sites for hydroxylation is 1. The Hall–Kier alpha value is -3.19. The van der Waals surface area contributed by atoms with Crippen LogP contribution in [0.4, 0.5) is 0 Å². The summed E-state index contributed by atoms with van der Waals surface area (Å²) in [5.74, 6) is 0.163. The van der Waals surface area contributed by atoms with Crippen LogP contribution < -0.4 is 10.2 Å². The third-order valence-corrected chi connectivity index (χ3v) is 6.72. The molecule has 0 bridgehead atoms. The lowest BCUT2D eigenvalue weighted by Gasteiger charge is -2.38. The van der Waals surface area contributed by atoms with Gasteiger partial charge < -0.3 is 18.9 Å². The maximum Gasteiger partial charge on any atom is 0.259 e. The molecule has 1 fully saturated rings. The molecule has 5 rings (SSSR count). The van der Waals surface area contributed by atoms with Crippen LogP contribution in [-0.2, 0) is 24.1 Å². The zero-order valence-electron chi connectivity index (χ0n) is 19.3. The van der Waals surface area contributed by atoms with Crippen molar-refractivity contribution in [2.24, 2.45) is 0 Å². The zero-order valence-corrected chi connectivity index (χ0v) is 19.3. The van der Waals surface area contributed by atoms with Gasteiger partial charge in [0.05, 0.1) is 42.4 Å². The van der Waals surface area contributed by atoms with Gasteiger partial charge in [0.1, 0.15) is 11.7 Å². The van der Waals surface area contributed by atoms with Crippen LogP contribution >= 0.6 is 0 Å². The second-order valence-electron chi connectivity index (χ2n) is 9.06. The van der Waals surface area contributed by atoms with Crippen LogP contribution in [0.15, 0.2) is 47.5 Å². The van der Waals surface area contributed by atoms with Gasteiger partial charge in [-0.15, -0.1) is 0 Å². The molecule has 2 aliphatic rings. The smallest absolute Gasteiger partial charge is 0.259 e. The van der Waals surface area contributed by atoms with Gasteiger partial charge in [0.15, 0.2) is 0 Å². The molecule has 1 saturated heterocycles. The molecule has 7 nitrogen and oxygen atoms in total. The van der Waals surface area contributed by atoms with E-state index in [2.05, 4.69) is 17.1 Å². The molecule has 1 aliphatic heterocycles. The number of ether oxygens (including phenoxy) is 2. The third-order valence-electron chi connectivity index (χ3n) is 6.72. The maximum absolute atomic E-state index is 13.5. The van der Waals surface area contributed by atoms with Crippen molar-refractivity contribution in [3.8, 4) is 5.88 Å². The molecular weight excluding hydrogens is 418 g/mol. The van der Waals surface area contributed by atoms with Crippen molar-refractivity contribution >= 4 is 16.8 Å². The number of amides is 1. The number of morpholine rings is 1. The van der Waals surface area contributed by atoms with E-state index in [0.717, 1.165) is 12.8 Å². The minimum Gasteiger partial charge on any atom is -0.474 e. The fourth-order valence-corrected chi connectivity index (χ4v) is 5.06. The summed E-state index contributed by atoms with van der Waals surface area (Å²) in [4.78, 5) is 33.2.